The van der Waals surface area contributed by atoms with Crippen molar-refractivity contribution in [2.45, 2.75) is 19.4 Å². The van der Waals surface area contributed by atoms with E-state index in [1.54, 1.807) is 24.3 Å². The normalized spacial score (nSPS) is 14.7. The topological polar surface area (TPSA) is 76.4 Å². The molecule has 1 aliphatic heterocycles. The molecule has 4 rings (SSSR count). The molecule has 0 aliphatic carbocycles. The van der Waals surface area contributed by atoms with Gasteiger partial charge in [0.1, 0.15) is 5.75 Å². The molecular formula is C26H25N3O2. The van der Waals surface area contributed by atoms with Crippen LogP contribution in [-0.2, 0) is 11.3 Å². The van der Waals surface area contributed by atoms with E-state index in [-0.39, 0.29) is 17.6 Å². The number of nitrogens with zero attached hydrogens (tertiary/aromatic N) is 2. The van der Waals surface area contributed by atoms with E-state index in [1.807, 2.05) is 24.3 Å². The number of nitrogens with one attached hydrogen (secondary N) is 1. The van der Waals surface area contributed by atoms with Gasteiger partial charge in [-0.1, -0.05) is 54.6 Å². The Balaban J connectivity index is 1.31. The van der Waals surface area contributed by atoms with Crippen molar-refractivity contribution in [1.82, 2.24) is 4.90 Å². The highest BCUT2D eigenvalue weighted by Crippen LogP contribution is 2.26. The highest BCUT2D eigenvalue weighted by atomic mass is 16.3. The molecule has 31 heavy (non-hydrogen) atoms. The zero-order valence-electron chi connectivity index (χ0n) is 17.3. The van der Waals surface area contributed by atoms with Crippen LogP contribution in [0.1, 0.15) is 24.0 Å². The molecule has 2 N–H and O–H groups in total. The van der Waals surface area contributed by atoms with Crippen LogP contribution >= 0.6 is 0 Å². The third kappa shape index (κ3) is 4.93. The molecule has 3 aromatic carbocycles. The minimum absolute atomic E-state index is 0.0262. The number of para-hydroxylation sites is 2. The molecule has 0 radical (unpaired) electrons. The van der Waals surface area contributed by atoms with Crippen LogP contribution < -0.4 is 5.32 Å². The van der Waals surface area contributed by atoms with Gasteiger partial charge in [0.15, 0.2) is 0 Å². The zero-order chi connectivity index (χ0) is 21.6. The van der Waals surface area contributed by atoms with Crippen molar-refractivity contribution < 1.29 is 9.90 Å². The predicted molar refractivity (Wildman–Crippen MR) is 121 cm³/mol. The van der Waals surface area contributed by atoms with Crippen molar-refractivity contribution in [2.75, 3.05) is 18.4 Å². The second-order valence-corrected chi connectivity index (χ2v) is 7.91. The number of phenolic OH excluding ortho intramolecular Hbond substituents is 1. The number of phenols is 1. The summed E-state index contributed by atoms with van der Waals surface area (Å²) in [6.45, 7) is 2.56. The summed E-state index contributed by atoms with van der Waals surface area (Å²) in [6.07, 6.45) is 1.60. The minimum Gasteiger partial charge on any atom is -0.506 e. The first kappa shape index (κ1) is 20.6. The van der Waals surface area contributed by atoms with Crippen molar-refractivity contribution in [2.24, 2.45) is 5.92 Å². The molecule has 0 bridgehead atoms. The largest absolute Gasteiger partial charge is 0.506 e. The van der Waals surface area contributed by atoms with Gasteiger partial charge in [0.25, 0.3) is 0 Å². The summed E-state index contributed by atoms with van der Waals surface area (Å²) >= 11 is 0. The van der Waals surface area contributed by atoms with E-state index in [2.05, 4.69) is 40.6 Å². The van der Waals surface area contributed by atoms with Crippen molar-refractivity contribution in [3.05, 3.63) is 83.9 Å². The summed E-state index contributed by atoms with van der Waals surface area (Å²) in [5.74, 6) is 0.0245. The summed E-state index contributed by atoms with van der Waals surface area (Å²) in [5, 5.41) is 22.0. The van der Waals surface area contributed by atoms with Gasteiger partial charge < -0.3 is 10.4 Å². The van der Waals surface area contributed by atoms with Crippen LogP contribution in [0.5, 0.6) is 5.75 Å². The summed E-state index contributed by atoms with van der Waals surface area (Å²) < 4.78 is 0. The number of carbonyl (C=O) groups excluding carboxylic acids is 1. The van der Waals surface area contributed by atoms with Gasteiger partial charge >= 0.3 is 0 Å². The molecule has 156 valence electrons. The molecule has 1 saturated heterocycles. The lowest BCUT2D eigenvalue weighted by Crippen LogP contribution is -2.37. The standard InChI is InChI=1S/C26H25N3O2/c27-17-22-5-1-2-6-23(22)20-11-9-19(10-12-20)18-29-15-13-21(14-16-29)26(31)28-24-7-3-4-8-25(24)30/h1-12,21,30H,13-16,18H2,(H,28,31). The van der Waals surface area contributed by atoms with E-state index >= 15 is 0 Å². The number of hydrogen-bond acceptors (Lipinski definition) is 4. The lowest BCUT2D eigenvalue weighted by atomic mass is 9.95. The predicted octanol–water partition coefficient (Wildman–Crippen LogP) is 4.78. The Morgan fingerprint density at radius 2 is 1.68 bits per heavy atom. The summed E-state index contributed by atoms with van der Waals surface area (Å²) in [7, 11) is 0. The molecule has 0 atom stereocenters. The Hall–Kier alpha value is -3.62. The van der Waals surface area contributed by atoms with E-state index in [9.17, 15) is 15.2 Å². The maximum atomic E-state index is 12.5. The first-order chi connectivity index (χ1) is 15.1. The number of nitriles is 1. The van der Waals surface area contributed by atoms with Crippen LogP contribution in [0.25, 0.3) is 11.1 Å². The van der Waals surface area contributed by atoms with E-state index in [1.165, 1.54) is 5.56 Å². The average molecular weight is 412 g/mol. The first-order valence-electron chi connectivity index (χ1n) is 10.5. The Morgan fingerprint density at radius 3 is 2.39 bits per heavy atom. The van der Waals surface area contributed by atoms with Crippen molar-refractivity contribution in [1.29, 1.82) is 5.26 Å². The van der Waals surface area contributed by atoms with E-state index in [0.717, 1.165) is 43.6 Å². The minimum atomic E-state index is -0.0410. The zero-order valence-corrected chi connectivity index (χ0v) is 17.3. The summed E-state index contributed by atoms with van der Waals surface area (Å²) in [5.41, 5.74) is 4.36. The van der Waals surface area contributed by atoms with Gasteiger partial charge in [-0.15, -0.1) is 0 Å². The Kier molecular flexibility index (Phi) is 6.30. The Bertz CT molecular complexity index is 1090. The number of carbonyl (C=O) groups is 1. The monoisotopic (exact) mass is 411 g/mol. The van der Waals surface area contributed by atoms with Crippen molar-refractivity contribution in [3.63, 3.8) is 0 Å². The number of anilines is 1. The molecule has 0 unspecified atom stereocenters. The van der Waals surface area contributed by atoms with Gasteiger partial charge in [0.2, 0.25) is 5.91 Å². The van der Waals surface area contributed by atoms with E-state index in [4.69, 9.17) is 0 Å². The molecule has 3 aromatic rings. The molecule has 0 aromatic heterocycles. The van der Waals surface area contributed by atoms with Crippen LogP contribution in [0.3, 0.4) is 0 Å². The first-order valence-corrected chi connectivity index (χ1v) is 10.5. The molecular weight excluding hydrogens is 386 g/mol. The number of hydrogen-bond donors (Lipinski definition) is 2. The maximum absolute atomic E-state index is 12.5. The Morgan fingerprint density at radius 1 is 1.00 bits per heavy atom. The number of amides is 1. The molecule has 1 aliphatic rings. The molecule has 0 saturated carbocycles. The fourth-order valence-electron chi connectivity index (χ4n) is 4.05. The van der Waals surface area contributed by atoms with Gasteiger partial charge in [0.05, 0.1) is 17.3 Å². The summed E-state index contributed by atoms with van der Waals surface area (Å²) in [6, 6.07) is 25.1. The fraction of sp³-hybridized carbons (Fsp3) is 0.231. The number of piperidine rings is 1. The second kappa shape index (κ2) is 9.46. The van der Waals surface area contributed by atoms with E-state index < -0.39 is 0 Å². The number of benzene rings is 3. The van der Waals surface area contributed by atoms with Crippen LogP contribution in [-0.4, -0.2) is 29.0 Å². The van der Waals surface area contributed by atoms with Crippen LogP contribution in [0.4, 0.5) is 5.69 Å². The van der Waals surface area contributed by atoms with Gasteiger partial charge in [-0.3, -0.25) is 9.69 Å². The molecule has 1 fully saturated rings. The maximum Gasteiger partial charge on any atom is 0.227 e. The lowest BCUT2D eigenvalue weighted by Gasteiger charge is -2.31. The van der Waals surface area contributed by atoms with Crippen LogP contribution in [0, 0.1) is 17.2 Å². The van der Waals surface area contributed by atoms with Gasteiger partial charge in [-0.05, 0) is 60.8 Å². The molecule has 5 nitrogen and oxygen atoms in total. The number of rotatable bonds is 5. The molecule has 5 heteroatoms. The average Bonchev–Trinajstić information content (AvgIpc) is 2.81. The third-order valence-electron chi connectivity index (χ3n) is 5.84. The van der Waals surface area contributed by atoms with Crippen LogP contribution in [0.2, 0.25) is 0 Å². The summed E-state index contributed by atoms with van der Waals surface area (Å²) in [4.78, 5) is 14.9. The smallest absolute Gasteiger partial charge is 0.227 e. The van der Waals surface area contributed by atoms with Gasteiger partial charge in [0, 0.05) is 12.5 Å². The van der Waals surface area contributed by atoms with E-state index in [0.29, 0.717) is 11.3 Å². The molecule has 1 heterocycles. The van der Waals surface area contributed by atoms with Gasteiger partial charge in [-0.2, -0.15) is 5.26 Å². The van der Waals surface area contributed by atoms with Crippen molar-refractivity contribution in [3.8, 4) is 22.9 Å². The quantitative estimate of drug-likeness (QED) is 0.592. The highest BCUT2D eigenvalue weighted by Gasteiger charge is 2.25. The lowest BCUT2D eigenvalue weighted by molar-refractivity contribution is -0.121. The third-order valence-corrected chi connectivity index (χ3v) is 5.84. The number of aromatic hydroxyl groups is 1. The second-order valence-electron chi connectivity index (χ2n) is 7.91. The Labute approximate surface area is 182 Å². The molecule has 1 amide bonds. The number of likely N-dealkylation sites (tertiary alicyclic amines) is 1. The van der Waals surface area contributed by atoms with Crippen LogP contribution in [0.15, 0.2) is 72.8 Å². The highest BCUT2D eigenvalue weighted by molar-refractivity contribution is 5.93. The van der Waals surface area contributed by atoms with Gasteiger partial charge in [-0.25, -0.2) is 0 Å². The fourth-order valence-corrected chi connectivity index (χ4v) is 4.05. The SMILES string of the molecule is N#Cc1ccccc1-c1ccc(CN2CCC(C(=O)Nc3ccccc3O)CC2)cc1. The molecule has 0 spiro atoms. The van der Waals surface area contributed by atoms with Crippen molar-refractivity contribution >= 4 is 11.6 Å².